The van der Waals surface area contributed by atoms with Gasteiger partial charge in [-0.2, -0.15) is 0 Å². The minimum absolute atomic E-state index is 0.0805. The van der Waals surface area contributed by atoms with Crippen LogP contribution in [0.25, 0.3) is 0 Å². The number of esters is 2. The maximum atomic E-state index is 12.4. The van der Waals surface area contributed by atoms with E-state index < -0.39 is 35.1 Å². The normalized spacial score (nSPS) is 28.6. The van der Waals surface area contributed by atoms with Crippen molar-refractivity contribution < 1.29 is 47.6 Å². The second-order valence-electron chi connectivity index (χ2n) is 7.99. The average molecular weight is 400 g/mol. The Bertz CT molecular complexity index is 573. The fourth-order valence-electron chi connectivity index (χ4n) is 3.13. The van der Waals surface area contributed by atoms with Crippen molar-refractivity contribution in [2.24, 2.45) is 10.8 Å². The topological polar surface area (TPSA) is 124 Å². The summed E-state index contributed by atoms with van der Waals surface area (Å²) in [5.74, 6) is -0.955. The van der Waals surface area contributed by atoms with Gasteiger partial charge in [0.15, 0.2) is 0 Å². The minimum Gasteiger partial charge on any atom is -0.462 e. The molecule has 0 N–H and O–H groups in total. The van der Waals surface area contributed by atoms with E-state index in [-0.39, 0.29) is 38.6 Å². The van der Waals surface area contributed by atoms with Crippen molar-refractivity contribution in [3.8, 4) is 0 Å². The SMILES string of the molecule is CC1(C(=O)O[C@H]2CC[C@H](OC(=O)C3(C)COC(=O)OC3)CC2)COC(=O)OC1. The lowest BCUT2D eigenvalue weighted by Gasteiger charge is -2.35. The van der Waals surface area contributed by atoms with Crippen molar-refractivity contribution in [2.45, 2.75) is 51.7 Å². The molecule has 0 amide bonds. The molecular weight excluding hydrogens is 376 g/mol. The predicted octanol–water partition coefficient (Wildman–Crippen LogP) is 1.73. The maximum absolute atomic E-state index is 12.4. The van der Waals surface area contributed by atoms with Gasteiger partial charge in [-0.3, -0.25) is 9.59 Å². The molecular formula is C18H24O10. The smallest absolute Gasteiger partial charge is 0.462 e. The van der Waals surface area contributed by atoms with E-state index in [1.807, 2.05) is 0 Å². The summed E-state index contributed by atoms with van der Waals surface area (Å²) < 4.78 is 30.2. The Morgan fingerprint density at radius 2 is 1.00 bits per heavy atom. The largest absolute Gasteiger partial charge is 0.508 e. The molecule has 3 aliphatic rings. The molecule has 10 nitrogen and oxygen atoms in total. The molecule has 0 unspecified atom stereocenters. The third kappa shape index (κ3) is 4.48. The first-order valence-electron chi connectivity index (χ1n) is 9.21. The van der Waals surface area contributed by atoms with Gasteiger partial charge in [0, 0.05) is 0 Å². The number of rotatable bonds is 4. The van der Waals surface area contributed by atoms with Crippen LogP contribution in [-0.4, -0.2) is 62.9 Å². The first-order valence-corrected chi connectivity index (χ1v) is 9.21. The highest BCUT2D eigenvalue weighted by Crippen LogP contribution is 2.31. The van der Waals surface area contributed by atoms with Crippen molar-refractivity contribution >= 4 is 24.2 Å². The minimum atomic E-state index is -1.02. The Hall–Kier alpha value is -2.52. The quantitative estimate of drug-likeness (QED) is 0.509. The van der Waals surface area contributed by atoms with Crippen LogP contribution in [0.5, 0.6) is 0 Å². The van der Waals surface area contributed by atoms with Gasteiger partial charge in [0.1, 0.15) is 49.5 Å². The Balaban J connectivity index is 1.43. The Morgan fingerprint density at radius 3 is 1.29 bits per heavy atom. The number of carbonyl (C=O) groups excluding carboxylic acids is 4. The van der Waals surface area contributed by atoms with Gasteiger partial charge in [-0.05, 0) is 39.5 Å². The summed E-state index contributed by atoms with van der Waals surface area (Å²) in [7, 11) is 0. The molecule has 0 spiro atoms. The molecule has 2 saturated heterocycles. The molecule has 1 saturated carbocycles. The summed E-state index contributed by atoms with van der Waals surface area (Å²) in [6.07, 6.45) is -0.00651. The van der Waals surface area contributed by atoms with Gasteiger partial charge in [0.25, 0.3) is 0 Å². The molecule has 3 fully saturated rings. The Kier molecular flexibility index (Phi) is 5.66. The Morgan fingerprint density at radius 1 is 0.714 bits per heavy atom. The molecule has 0 bridgehead atoms. The van der Waals surface area contributed by atoms with Gasteiger partial charge >= 0.3 is 24.2 Å². The fourth-order valence-corrected chi connectivity index (χ4v) is 3.13. The van der Waals surface area contributed by atoms with Gasteiger partial charge in [-0.25, -0.2) is 9.59 Å². The molecule has 3 rings (SSSR count). The van der Waals surface area contributed by atoms with Crippen molar-refractivity contribution in [1.29, 1.82) is 0 Å². The molecule has 0 atom stereocenters. The molecule has 0 aromatic heterocycles. The summed E-state index contributed by atoms with van der Waals surface area (Å²) in [5.41, 5.74) is -2.05. The van der Waals surface area contributed by atoms with Crippen molar-refractivity contribution in [2.75, 3.05) is 26.4 Å². The van der Waals surface area contributed by atoms with Crippen LogP contribution in [-0.2, 0) is 38.0 Å². The van der Waals surface area contributed by atoms with Crippen LogP contribution in [0.4, 0.5) is 9.59 Å². The highest BCUT2D eigenvalue weighted by Gasteiger charge is 2.45. The monoisotopic (exact) mass is 400 g/mol. The van der Waals surface area contributed by atoms with E-state index >= 15 is 0 Å². The molecule has 156 valence electrons. The van der Waals surface area contributed by atoms with E-state index in [1.54, 1.807) is 13.8 Å². The van der Waals surface area contributed by atoms with Crippen LogP contribution >= 0.6 is 0 Å². The third-order valence-electron chi connectivity index (χ3n) is 5.19. The number of carbonyl (C=O) groups is 4. The van der Waals surface area contributed by atoms with Crippen LogP contribution in [0, 0.1) is 10.8 Å². The summed E-state index contributed by atoms with van der Waals surface area (Å²) >= 11 is 0. The van der Waals surface area contributed by atoms with E-state index in [4.69, 9.17) is 28.4 Å². The van der Waals surface area contributed by atoms with Gasteiger partial charge in [-0.1, -0.05) is 0 Å². The Labute approximate surface area is 161 Å². The van der Waals surface area contributed by atoms with Crippen molar-refractivity contribution in [3.05, 3.63) is 0 Å². The van der Waals surface area contributed by atoms with E-state index in [1.165, 1.54) is 0 Å². The lowest BCUT2D eigenvalue weighted by atomic mass is 9.90. The molecule has 2 heterocycles. The second kappa shape index (κ2) is 7.84. The zero-order valence-electron chi connectivity index (χ0n) is 15.9. The average Bonchev–Trinajstić information content (AvgIpc) is 2.68. The van der Waals surface area contributed by atoms with Gasteiger partial charge in [0.2, 0.25) is 0 Å². The van der Waals surface area contributed by atoms with Crippen molar-refractivity contribution in [3.63, 3.8) is 0 Å². The molecule has 0 aromatic rings. The van der Waals surface area contributed by atoms with Crippen LogP contribution in [0.1, 0.15) is 39.5 Å². The zero-order chi connectivity index (χ0) is 20.4. The first-order chi connectivity index (χ1) is 13.2. The highest BCUT2D eigenvalue weighted by molar-refractivity contribution is 5.79. The molecule has 1 aliphatic carbocycles. The maximum Gasteiger partial charge on any atom is 0.508 e. The lowest BCUT2D eigenvalue weighted by Crippen LogP contribution is -2.46. The fraction of sp³-hybridized carbons (Fsp3) is 0.778. The molecule has 2 aliphatic heterocycles. The second-order valence-corrected chi connectivity index (χ2v) is 7.99. The summed E-state index contributed by atoms with van der Waals surface area (Å²) in [6, 6.07) is 0. The zero-order valence-corrected chi connectivity index (χ0v) is 15.9. The van der Waals surface area contributed by atoms with Crippen LogP contribution in [0.2, 0.25) is 0 Å². The van der Waals surface area contributed by atoms with Crippen LogP contribution < -0.4 is 0 Å². The molecule has 10 heteroatoms. The van der Waals surface area contributed by atoms with Gasteiger partial charge in [-0.15, -0.1) is 0 Å². The van der Waals surface area contributed by atoms with Gasteiger partial charge in [0.05, 0.1) is 0 Å². The van der Waals surface area contributed by atoms with Gasteiger partial charge < -0.3 is 28.4 Å². The van der Waals surface area contributed by atoms with E-state index in [0.29, 0.717) is 25.7 Å². The third-order valence-corrected chi connectivity index (χ3v) is 5.19. The number of hydrogen-bond acceptors (Lipinski definition) is 10. The summed E-state index contributed by atoms with van der Waals surface area (Å²) in [4.78, 5) is 46.7. The van der Waals surface area contributed by atoms with Crippen LogP contribution in [0.3, 0.4) is 0 Å². The summed E-state index contributed by atoms with van der Waals surface area (Å²) in [6.45, 7) is 2.92. The number of hydrogen-bond donors (Lipinski definition) is 0. The lowest BCUT2D eigenvalue weighted by molar-refractivity contribution is -0.180. The predicted molar refractivity (Wildman–Crippen MR) is 89.0 cm³/mol. The molecule has 0 radical (unpaired) electrons. The van der Waals surface area contributed by atoms with Crippen LogP contribution in [0.15, 0.2) is 0 Å². The van der Waals surface area contributed by atoms with Crippen molar-refractivity contribution in [1.82, 2.24) is 0 Å². The highest BCUT2D eigenvalue weighted by atomic mass is 16.7. The van der Waals surface area contributed by atoms with E-state index in [0.717, 1.165) is 0 Å². The standard InChI is InChI=1S/C18H24O10/c1-17(7-23-15(21)24-8-17)13(19)27-11-3-5-12(6-4-11)28-14(20)18(2)9-25-16(22)26-10-18/h11-12H,3-10H2,1-2H3/t11-,12-. The molecule has 28 heavy (non-hydrogen) atoms. The van der Waals surface area contributed by atoms with E-state index in [2.05, 4.69) is 0 Å². The van der Waals surface area contributed by atoms with E-state index in [9.17, 15) is 19.2 Å². The molecule has 0 aromatic carbocycles. The summed E-state index contributed by atoms with van der Waals surface area (Å²) in [5, 5.41) is 0. The number of cyclic esters (lactones) is 4. The first kappa shape index (κ1) is 20.2. The number of ether oxygens (including phenoxy) is 6.